The summed E-state index contributed by atoms with van der Waals surface area (Å²) in [6.07, 6.45) is 2.75. The van der Waals surface area contributed by atoms with Gasteiger partial charge in [0.1, 0.15) is 11.5 Å². The van der Waals surface area contributed by atoms with Gasteiger partial charge in [-0.1, -0.05) is 18.2 Å². The first kappa shape index (κ1) is 10.8. The molecule has 18 heavy (non-hydrogen) atoms. The topological polar surface area (TPSA) is 66.0 Å². The van der Waals surface area contributed by atoms with Crippen molar-refractivity contribution in [3.8, 4) is 0 Å². The van der Waals surface area contributed by atoms with Crippen LogP contribution in [0.1, 0.15) is 11.3 Å². The molecule has 3 rings (SSSR count). The van der Waals surface area contributed by atoms with Crippen molar-refractivity contribution < 1.29 is 0 Å². The summed E-state index contributed by atoms with van der Waals surface area (Å²) in [4.78, 5) is 6.33. The van der Waals surface area contributed by atoms with Crippen LogP contribution in [0, 0.1) is 5.41 Å². The molecule has 0 fully saturated rings. The second kappa shape index (κ2) is 4.14. The molecular formula is C14H14N4. The Bertz CT molecular complexity index is 606. The van der Waals surface area contributed by atoms with Gasteiger partial charge in [0, 0.05) is 24.1 Å². The molecule has 0 radical (unpaired) electrons. The molecule has 1 aliphatic rings. The number of amidine groups is 1. The first-order valence-corrected chi connectivity index (χ1v) is 5.91. The molecule has 0 saturated heterocycles. The van der Waals surface area contributed by atoms with Gasteiger partial charge >= 0.3 is 0 Å². The SMILES string of the molecule is N=C(N)c1cc(N2CCc3ccccc32)ccn1. The predicted molar refractivity (Wildman–Crippen MR) is 72.4 cm³/mol. The van der Waals surface area contributed by atoms with E-state index >= 15 is 0 Å². The molecule has 0 amide bonds. The van der Waals surface area contributed by atoms with E-state index in [4.69, 9.17) is 11.1 Å². The largest absolute Gasteiger partial charge is 0.382 e. The van der Waals surface area contributed by atoms with E-state index in [0.29, 0.717) is 5.69 Å². The van der Waals surface area contributed by atoms with Gasteiger partial charge in [0.2, 0.25) is 0 Å². The molecule has 0 spiro atoms. The monoisotopic (exact) mass is 238 g/mol. The van der Waals surface area contributed by atoms with Crippen molar-refractivity contribution in [3.05, 3.63) is 53.9 Å². The van der Waals surface area contributed by atoms with Gasteiger partial charge in [0.05, 0.1) is 0 Å². The summed E-state index contributed by atoms with van der Waals surface area (Å²) in [5.74, 6) is 0.00401. The molecule has 0 saturated carbocycles. The zero-order valence-electron chi connectivity index (χ0n) is 9.93. The van der Waals surface area contributed by atoms with E-state index < -0.39 is 0 Å². The number of hydrogen-bond acceptors (Lipinski definition) is 3. The van der Waals surface area contributed by atoms with Crippen molar-refractivity contribution in [1.29, 1.82) is 5.41 Å². The second-order valence-electron chi connectivity index (χ2n) is 4.34. The lowest BCUT2D eigenvalue weighted by Crippen LogP contribution is -2.17. The number of hydrogen-bond donors (Lipinski definition) is 2. The van der Waals surface area contributed by atoms with Gasteiger partial charge < -0.3 is 10.6 Å². The molecule has 1 aromatic carbocycles. The van der Waals surface area contributed by atoms with Crippen LogP contribution in [-0.4, -0.2) is 17.4 Å². The summed E-state index contributed by atoms with van der Waals surface area (Å²) in [6.45, 7) is 0.959. The summed E-state index contributed by atoms with van der Waals surface area (Å²) in [5.41, 5.74) is 9.64. The molecule has 0 aliphatic carbocycles. The third-order valence-corrected chi connectivity index (χ3v) is 3.22. The Morgan fingerprint density at radius 2 is 2.11 bits per heavy atom. The van der Waals surface area contributed by atoms with Crippen LogP contribution >= 0.6 is 0 Å². The fraction of sp³-hybridized carbons (Fsp3) is 0.143. The maximum atomic E-state index is 7.44. The van der Waals surface area contributed by atoms with E-state index in [1.54, 1.807) is 6.20 Å². The van der Waals surface area contributed by atoms with Crippen LogP contribution < -0.4 is 10.6 Å². The highest BCUT2D eigenvalue weighted by molar-refractivity contribution is 5.94. The third-order valence-electron chi connectivity index (χ3n) is 3.22. The lowest BCUT2D eigenvalue weighted by molar-refractivity contribution is 0.995. The van der Waals surface area contributed by atoms with Gasteiger partial charge in [0.25, 0.3) is 0 Å². The first-order valence-electron chi connectivity index (χ1n) is 5.91. The molecule has 0 unspecified atom stereocenters. The number of anilines is 2. The maximum absolute atomic E-state index is 7.44. The van der Waals surface area contributed by atoms with Gasteiger partial charge in [-0.25, -0.2) is 0 Å². The van der Waals surface area contributed by atoms with Crippen LogP contribution in [0.2, 0.25) is 0 Å². The van der Waals surface area contributed by atoms with Gasteiger partial charge in [-0.15, -0.1) is 0 Å². The number of nitrogens with two attached hydrogens (primary N) is 1. The summed E-state index contributed by atoms with van der Waals surface area (Å²) >= 11 is 0. The predicted octanol–water partition coefficient (Wildman–Crippen LogP) is 2.06. The Kier molecular flexibility index (Phi) is 2.48. The summed E-state index contributed by atoms with van der Waals surface area (Å²) in [5, 5.41) is 7.44. The normalized spacial score (nSPS) is 13.4. The maximum Gasteiger partial charge on any atom is 0.141 e. The van der Waals surface area contributed by atoms with Crippen LogP contribution in [0.5, 0.6) is 0 Å². The average molecular weight is 238 g/mol. The van der Waals surface area contributed by atoms with Crippen LogP contribution in [-0.2, 0) is 6.42 Å². The Labute approximate surface area is 106 Å². The quantitative estimate of drug-likeness (QED) is 0.621. The molecule has 4 heteroatoms. The smallest absolute Gasteiger partial charge is 0.141 e. The number of para-hydroxylation sites is 1. The Hall–Kier alpha value is -2.36. The van der Waals surface area contributed by atoms with E-state index in [-0.39, 0.29) is 5.84 Å². The van der Waals surface area contributed by atoms with Crippen molar-refractivity contribution in [2.24, 2.45) is 5.73 Å². The van der Waals surface area contributed by atoms with Crippen LogP contribution in [0.15, 0.2) is 42.6 Å². The van der Waals surface area contributed by atoms with Gasteiger partial charge in [-0.2, -0.15) is 0 Å². The molecule has 3 N–H and O–H groups in total. The molecule has 0 bridgehead atoms. The van der Waals surface area contributed by atoms with E-state index in [1.807, 2.05) is 18.2 Å². The van der Waals surface area contributed by atoms with Gasteiger partial charge in [-0.3, -0.25) is 10.4 Å². The molecule has 1 aliphatic heterocycles. The second-order valence-corrected chi connectivity index (χ2v) is 4.34. The molecule has 1 aromatic heterocycles. The number of nitrogens with one attached hydrogen (secondary N) is 1. The number of rotatable bonds is 2. The Morgan fingerprint density at radius 3 is 2.94 bits per heavy atom. The Balaban J connectivity index is 2.02. The number of benzene rings is 1. The molecular weight excluding hydrogens is 224 g/mol. The zero-order valence-corrected chi connectivity index (χ0v) is 9.93. The fourth-order valence-corrected chi connectivity index (χ4v) is 2.34. The van der Waals surface area contributed by atoms with Crippen LogP contribution in [0.3, 0.4) is 0 Å². The summed E-state index contributed by atoms with van der Waals surface area (Å²) < 4.78 is 0. The van der Waals surface area contributed by atoms with E-state index in [2.05, 4.69) is 28.1 Å². The van der Waals surface area contributed by atoms with Crippen molar-refractivity contribution in [2.75, 3.05) is 11.4 Å². The molecule has 0 atom stereocenters. The van der Waals surface area contributed by atoms with Gasteiger partial charge in [0.15, 0.2) is 0 Å². The van der Waals surface area contributed by atoms with Gasteiger partial charge in [-0.05, 0) is 30.2 Å². The number of aromatic nitrogens is 1. The molecule has 90 valence electrons. The first-order chi connectivity index (χ1) is 8.75. The third kappa shape index (κ3) is 1.72. The lowest BCUT2D eigenvalue weighted by atomic mass is 10.2. The number of pyridine rings is 1. The minimum atomic E-state index is 0.00401. The van der Waals surface area contributed by atoms with E-state index in [9.17, 15) is 0 Å². The van der Waals surface area contributed by atoms with Crippen LogP contribution in [0.4, 0.5) is 11.4 Å². The van der Waals surface area contributed by atoms with Crippen LogP contribution in [0.25, 0.3) is 0 Å². The highest BCUT2D eigenvalue weighted by Crippen LogP contribution is 2.33. The number of fused-ring (bicyclic) bond motifs is 1. The lowest BCUT2D eigenvalue weighted by Gasteiger charge is -2.19. The Morgan fingerprint density at radius 1 is 1.28 bits per heavy atom. The van der Waals surface area contributed by atoms with Crippen molar-refractivity contribution >= 4 is 17.2 Å². The summed E-state index contributed by atoms with van der Waals surface area (Å²) in [7, 11) is 0. The molecule has 2 aromatic rings. The van der Waals surface area contributed by atoms with E-state index in [0.717, 1.165) is 18.7 Å². The fourth-order valence-electron chi connectivity index (χ4n) is 2.34. The standard InChI is InChI=1S/C14H14N4/c15-14(16)12-9-11(5-7-17-12)18-8-6-10-3-1-2-4-13(10)18/h1-5,7,9H,6,8H2,(H3,15,16). The zero-order chi connectivity index (χ0) is 12.5. The highest BCUT2D eigenvalue weighted by atomic mass is 15.2. The number of nitrogen functional groups attached to an aromatic ring is 1. The number of nitrogens with zero attached hydrogens (tertiary/aromatic N) is 2. The van der Waals surface area contributed by atoms with Crippen molar-refractivity contribution in [1.82, 2.24) is 4.98 Å². The highest BCUT2D eigenvalue weighted by Gasteiger charge is 2.20. The minimum absolute atomic E-state index is 0.00401. The minimum Gasteiger partial charge on any atom is -0.382 e. The summed E-state index contributed by atoms with van der Waals surface area (Å²) in [6, 6.07) is 12.2. The van der Waals surface area contributed by atoms with Crippen molar-refractivity contribution in [2.45, 2.75) is 6.42 Å². The average Bonchev–Trinajstić information content (AvgIpc) is 2.82. The molecule has 4 nitrogen and oxygen atoms in total. The van der Waals surface area contributed by atoms with Crippen molar-refractivity contribution in [3.63, 3.8) is 0 Å². The molecule has 2 heterocycles. The van der Waals surface area contributed by atoms with E-state index in [1.165, 1.54) is 11.3 Å².